The fraction of sp³-hybridized carbons (Fsp3) is 0.216. The second kappa shape index (κ2) is 11.9. The van der Waals surface area contributed by atoms with Crippen LogP contribution in [0.2, 0.25) is 0 Å². The van der Waals surface area contributed by atoms with Crippen LogP contribution in [0.5, 0.6) is 0 Å². The van der Waals surface area contributed by atoms with Crippen molar-refractivity contribution in [3.63, 3.8) is 0 Å². The smallest absolute Gasteiger partial charge is 0.308 e. The topological polar surface area (TPSA) is 12.9 Å². The molecule has 2 heterocycles. The Labute approximate surface area is 272 Å². The minimum atomic E-state index is -0.928. The average Bonchev–Trinajstić information content (AvgIpc) is 3.53. The van der Waals surface area contributed by atoms with Crippen LogP contribution in [0, 0.1) is 19.2 Å². The van der Waals surface area contributed by atoms with Crippen LogP contribution in [0.4, 0.5) is 5.69 Å². The summed E-state index contributed by atoms with van der Waals surface area (Å²) < 4.78 is 24.9. The molecule has 0 spiro atoms. The van der Waals surface area contributed by atoms with Crippen molar-refractivity contribution in [1.29, 1.82) is 0 Å². The van der Waals surface area contributed by atoms with Crippen molar-refractivity contribution < 1.29 is 35.5 Å². The SMILES string of the molecule is [2H]C(C)(C)c1cc(-c2ccccc2)cc(C([2H])(C)C)c1-n1ccn(C)c1=[N+]1[C-]=C(c2[c-]cccc2)c2cccc(C)c21.[Y]. The van der Waals surface area contributed by atoms with Gasteiger partial charge < -0.3 is 4.58 Å². The van der Waals surface area contributed by atoms with Gasteiger partial charge in [0.15, 0.2) is 0 Å². The molecule has 4 aromatic carbocycles. The predicted molar refractivity (Wildman–Crippen MR) is 165 cm³/mol. The van der Waals surface area contributed by atoms with E-state index in [9.17, 15) is 2.74 Å². The monoisotopic (exact) mass is 613 g/mol. The molecule has 0 fully saturated rings. The summed E-state index contributed by atoms with van der Waals surface area (Å²) in [5.41, 5.74) is 10.8. The minimum Gasteiger partial charge on any atom is -0.313 e. The predicted octanol–water partition coefficient (Wildman–Crippen LogP) is 8.15. The molecule has 4 heteroatoms. The van der Waals surface area contributed by atoms with E-state index in [0.29, 0.717) is 0 Å². The molecule has 1 radical (unpaired) electrons. The molecule has 41 heavy (non-hydrogen) atoms. The first-order chi connectivity index (χ1) is 19.9. The van der Waals surface area contributed by atoms with Crippen molar-refractivity contribution >= 4 is 11.3 Å². The fourth-order valence-electron chi connectivity index (χ4n) is 5.65. The van der Waals surface area contributed by atoms with Gasteiger partial charge in [-0.25, -0.2) is 10.1 Å². The third-order valence-corrected chi connectivity index (χ3v) is 7.64. The minimum absolute atomic E-state index is 0. The number of hydrogen-bond acceptors (Lipinski definition) is 0. The number of para-hydroxylation sites is 1. The van der Waals surface area contributed by atoms with Crippen molar-refractivity contribution in [2.24, 2.45) is 7.05 Å². The van der Waals surface area contributed by atoms with Crippen LogP contribution in [0.3, 0.4) is 0 Å². The third-order valence-electron chi connectivity index (χ3n) is 7.64. The number of rotatable bonds is 5. The molecule has 0 bridgehead atoms. The van der Waals surface area contributed by atoms with Gasteiger partial charge >= 0.3 is 5.62 Å². The molecule has 1 aliphatic rings. The largest absolute Gasteiger partial charge is 0.313 e. The molecule has 0 saturated heterocycles. The van der Waals surface area contributed by atoms with E-state index in [1.54, 1.807) is 0 Å². The van der Waals surface area contributed by atoms with Gasteiger partial charge in [-0.05, 0) is 59.3 Å². The van der Waals surface area contributed by atoms with Crippen LogP contribution in [0.15, 0.2) is 97.3 Å². The zero-order valence-electron chi connectivity index (χ0n) is 26.7. The van der Waals surface area contributed by atoms with E-state index in [1.165, 1.54) is 0 Å². The van der Waals surface area contributed by atoms with E-state index in [4.69, 9.17) is 0 Å². The Morgan fingerprint density at radius 1 is 0.805 bits per heavy atom. The van der Waals surface area contributed by atoms with Crippen LogP contribution >= 0.6 is 0 Å². The average molecular weight is 614 g/mol. The van der Waals surface area contributed by atoms with Crippen LogP contribution in [-0.2, 0) is 39.8 Å². The van der Waals surface area contributed by atoms with Gasteiger partial charge in [0.05, 0.1) is 19.4 Å². The van der Waals surface area contributed by atoms with E-state index in [1.807, 2.05) is 83.5 Å². The summed E-state index contributed by atoms with van der Waals surface area (Å²) in [6.07, 6.45) is 7.79. The molecule has 0 unspecified atom stereocenters. The second-order valence-corrected chi connectivity index (χ2v) is 10.9. The first-order valence-corrected chi connectivity index (χ1v) is 13.8. The van der Waals surface area contributed by atoms with Gasteiger partial charge in [0.25, 0.3) is 0 Å². The van der Waals surface area contributed by atoms with E-state index in [0.717, 1.165) is 61.5 Å². The van der Waals surface area contributed by atoms with Crippen LogP contribution in [-0.4, -0.2) is 9.13 Å². The van der Waals surface area contributed by atoms with Crippen LogP contribution in [0.1, 0.15) is 70.0 Å². The van der Waals surface area contributed by atoms with Gasteiger partial charge in [-0.2, -0.15) is 29.8 Å². The maximum Gasteiger partial charge on any atom is 0.308 e. The van der Waals surface area contributed by atoms with Gasteiger partial charge in [0, 0.05) is 41.1 Å². The molecule has 0 amide bonds. The maximum atomic E-state index is 9.29. The Bertz CT molecular complexity index is 1870. The normalized spacial score (nSPS) is 15.0. The van der Waals surface area contributed by atoms with Gasteiger partial charge in [-0.1, -0.05) is 75.7 Å². The maximum absolute atomic E-state index is 9.29. The van der Waals surface area contributed by atoms with Gasteiger partial charge in [-0.3, -0.25) is 4.57 Å². The zero-order valence-corrected chi connectivity index (χ0v) is 27.5. The molecule has 0 saturated carbocycles. The molecular weight excluding hydrogens is 575 g/mol. The van der Waals surface area contributed by atoms with Crippen LogP contribution in [0.25, 0.3) is 22.4 Å². The Morgan fingerprint density at radius 3 is 2.12 bits per heavy atom. The molecule has 203 valence electrons. The van der Waals surface area contributed by atoms with Crippen molar-refractivity contribution in [3.8, 4) is 16.8 Å². The molecule has 0 aliphatic carbocycles. The second-order valence-electron chi connectivity index (χ2n) is 10.9. The van der Waals surface area contributed by atoms with Gasteiger partial charge in [-0.15, -0.1) is 17.7 Å². The summed E-state index contributed by atoms with van der Waals surface area (Å²) in [6.45, 7) is 9.83. The molecule has 6 rings (SSSR count). The number of aromatic nitrogens is 2. The molecule has 0 atom stereocenters. The summed E-state index contributed by atoms with van der Waals surface area (Å²) in [7, 11) is 2.04. The number of aryl methyl sites for hydroxylation is 2. The Morgan fingerprint density at radius 2 is 1.49 bits per heavy atom. The van der Waals surface area contributed by atoms with E-state index in [-0.39, 0.29) is 32.7 Å². The third kappa shape index (κ3) is 5.27. The number of fused-ring (bicyclic) bond motifs is 1. The Balaban J connectivity index is 0.00000368. The van der Waals surface area contributed by atoms with E-state index >= 15 is 0 Å². The molecule has 1 aromatic heterocycles. The first-order valence-electron chi connectivity index (χ1n) is 14.8. The number of nitrogens with zero attached hydrogens (tertiary/aromatic N) is 3. The van der Waals surface area contributed by atoms with Crippen molar-refractivity contribution in [3.05, 3.63) is 143 Å². The van der Waals surface area contributed by atoms with Crippen molar-refractivity contribution in [2.75, 3.05) is 0 Å². The standard InChI is InChI=1S/C37H36N3.Y/c1-25(2)32-22-30(28-15-9-7-10-16-28)23-33(26(3)4)36(32)39-21-20-38(6)37(39)40-24-34(29-17-11-8-12-18-29)31-19-13-14-27(5)35(31)40;/h7-17,19-23,25-26H,1-6H3;/q-1;/i25D,26D;. The van der Waals surface area contributed by atoms with Crippen molar-refractivity contribution in [2.45, 2.75) is 46.4 Å². The number of imidazole rings is 1. The van der Waals surface area contributed by atoms with Gasteiger partial charge in [0.2, 0.25) is 0 Å². The molecular formula is C37H36N3Y-. The summed E-state index contributed by atoms with van der Waals surface area (Å²) in [5, 5.41) is 0. The fourth-order valence-corrected chi connectivity index (χ4v) is 5.65. The molecule has 0 N–H and O–H groups in total. The first kappa shape index (κ1) is 26.6. The summed E-state index contributed by atoms with van der Waals surface area (Å²) >= 11 is 0. The summed E-state index contributed by atoms with van der Waals surface area (Å²) in [4.78, 5) is 0. The molecule has 5 aromatic rings. The van der Waals surface area contributed by atoms with E-state index < -0.39 is 11.8 Å². The molecule has 3 nitrogen and oxygen atoms in total. The molecule has 1 aliphatic heterocycles. The number of hydrogen-bond donors (Lipinski definition) is 0. The Kier molecular flexibility index (Phi) is 7.74. The van der Waals surface area contributed by atoms with E-state index in [2.05, 4.69) is 81.4 Å². The van der Waals surface area contributed by atoms with Crippen molar-refractivity contribution in [1.82, 2.24) is 13.7 Å². The quantitative estimate of drug-likeness (QED) is 0.140. The zero-order chi connectivity index (χ0) is 29.8. The summed E-state index contributed by atoms with van der Waals surface area (Å²) in [6, 6.07) is 32.3. The summed E-state index contributed by atoms with van der Waals surface area (Å²) in [5.74, 6) is -1.86. The van der Waals surface area contributed by atoms with Gasteiger partial charge in [0.1, 0.15) is 5.69 Å². The van der Waals surface area contributed by atoms with Crippen LogP contribution < -0.4 is 10.2 Å². The number of benzene rings is 4. The Hall–Kier alpha value is -3.27.